The molecule has 0 saturated carbocycles. The van der Waals surface area contributed by atoms with E-state index in [1.54, 1.807) is 24.6 Å². The summed E-state index contributed by atoms with van der Waals surface area (Å²) < 4.78 is 0. The van der Waals surface area contributed by atoms with Gasteiger partial charge in [-0.2, -0.15) is 0 Å². The first-order chi connectivity index (χ1) is 6.66. The lowest BCUT2D eigenvalue weighted by Crippen LogP contribution is -2.26. The van der Waals surface area contributed by atoms with Crippen LogP contribution in [0.25, 0.3) is 0 Å². The van der Waals surface area contributed by atoms with Gasteiger partial charge in [0.1, 0.15) is 0 Å². The van der Waals surface area contributed by atoms with Gasteiger partial charge >= 0.3 is 0 Å². The second-order valence-corrected chi connectivity index (χ2v) is 14.5. The van der Waals surface area contributed by atoms with Crippen molar-refractivity contribution in [1.82, 2.24) is 0 Å². The zero-order valence-corrected chi connectivity index (χ0v) is 12.3. The van der Waals surface area contributed by atoms with E-state index >= 15 is 0 Å². The summed E-state index contributed by atoms with van der Waals surface area (Å²) in [4.78, 5) is 0. The Hall–Kier alpha value is 0.860. The standard InChI is InChI=1S/C12H28P2/c1-5-13(6-2)9-11-14(7-3,8-4)12-10-13/h5-12H2,1-4H3/q+2. The van der Waals surface area contributed by atoms with Crippen molar-refractivity contribution < 1.29 is 0 Å². The lowest BCUT2D eigenvalue weighted by atomic mass is 10.9. The predicted octanol–water partition coefficient (Wildman–Crippen LogP) is 4.11. The summed E-state index contributed by atoms with van der Waals surface area (Å²) in [6.45, 7) is 9.78. The topological polar surface area (TPSA) is 0 Å². The third-order valence-electron chi connectivity index (χ3n) is 4.78. The summed E-state index contributed by atoms with van der Waals surface area (Å²) >= 11 is 0. The van der Waals surface area contributed by atoms with Gasteiger partial charge in [-0.15, -0.1) is 0 Å². The molecular formula is C12H28P2+2. The average Bonchev–Trinajstić information content (AvgIpc) is 2.29. The van der Waals surface area contributed by atoms with Crippen LogP contribution >= 0.6 is 14.5 Å². The molecule has 0 unspecified atom stereocenters. The van der Waals surface area contributed by atoms with Crippen LogP contribution in [0, 0.1) is 0 Å². The molecule has 0 radical (unpaired) electrons. The molecule has 1 aliphatic heterocycles. The maximum absolute atomic E-state index is 2.45. The van der Waals surface area contributed by atoms with Gasteiger partial charge in [-0.1, -0.05) is 0 Å². The van der Waals surface area contributed by atoms with E-state index in [1.807, 2.05) is 0 Å². The molecule has 0 aliphatic carbocycles. The van der Waals surface area contributed by atoms with Gasteiger partial charge in [-0.3, -0.25) is 0 Å². The SMILES string of the molecule is CC[P+]1(CC)CC[P+](CC)(CC)CC1. The largest absolute Gasteiger partial charge is 0.0930 e. The smallest absolute Gasteiger partial charge is 0.0311 e. The lowest BCUT2D eigenvalue weighted by molar-refractivity contribution is 1.16. The second-order valence-electron chi connectivity index (χ2n) is 4.84. The third kappa shape index (κ3) is 2.51. The minimum Gasteiger partial charge on any atom is -0.0311 e. The van der Waals surface area contributed by atoms with Crippen LogP contribution in [-0.4, -0.2) is 49.3 Å². The second kappa shape index (κ2) is 5.27. The normalized spacial score (nSPS) is 24.9. The van der Waals surface area contributed by atoms with Crippen molar-refractivity contribution in [3.05, 3.63) is 0 Å². The van der Waals surface area contributed by atoms with Crippen LogP contribution in [-0.2, 0) is 0 Å². The van der Waals surface area contributed by atoms with E-state index in [1.165, 1.54) is 24.6 Å². The number of rotatable bonds is 4. The van der Waals surface area contributed by atoms with Crippen LogP contribution in [0.3, 0.4) is 0 Å². The molecule has 0 N–H and O–H groups in total. The molecule has 0 amide bonds. The summed E-state index contributed by atoms with van der Waals surface area (Å²) in [7, 11) is -0.861. The maximum Gasteiger partial charge on any atom is 0.0930 e. The Bertz CT molecular complexity index is 137. The Kier molecular flexibility index (Phi) is 4.86. The highest BCUT2D eigenvalue weighted by Gasteiger charge is 2.48. The van der Waals surface area contributed by atoms with Gasteiger partial charge in [0.2, 0.25) is 0 Å². The fourth-order valence-electron chi connectivity index (χ4n) is 2.78. The van der Waals surface area contributed by atoms with E-state index in [0.717, 1.165) is 0 Å². The monoisotopic (exact) mass is 234 g/mol. The van der Waals surface area contributed by atoms with Crippen molar-refractivity contribution in [3.8, 4) is 0 Å². The molecule has 2 heteroatoms. The van der Waals surface area contributed by atoms with E-state index < -0.39 is 14.5 Å². The Morgan fingerprint density at radius 2 is 0.786 bits per heavy atom. The summed E-state index contributed by atoms with van der Waals surface area (Å²) in [5.74, 6) is 0. The quantitative estimate of drug-likeness (QED) is 0.642. The van der Waals surface area contributed by atoms with Gasteiger partial charge in [0.15, 0.2) is 0 Å². The summed E-state index contributed by atoms with van der Waals surface area (Å²) in [6, 6.07) is 0. The Labute approximate surface area is 91.9 Å². The first-order valence-corrected chi connectivity index (χ1v) is 11.4. The molecule has 0 aromatic carbocycles. The fourth-order valence-corrected chi connectivity index (χ4v) is 13.4. The summed E-state index contributed by atoms with van der Waals surface area (Å²) in [6.07, 6.45) is 12.7. The van der Waals surface area contributed by atoms with Crippen LogP contribution in [0.1, 0.15) is 27.7 Å². The highest BCUT2D eigenvalue weighted by Crippen LogP contribution is 2.71. The van der Waals surface area contributed by atoms with Crippen molar-refractivity contribution in [2.24, 2.45) is 0 Å². The minimum atomic E-state index is -0.431. The Balaban J connectivity index is 2.59. The highest BCUT2D eigenvalue weighted by atomic mass is 31.2. The van der Waals surface area contributed by atoms with Gasteiger partial charge in [0.25, 0.3) is 0 Å². The van der Waals surface area contributed by atoms with Crippen LogP contribution in [0.2, 0.25) is 0 Å². The molecule has 0 spiro atoms. The zero-order valence-electron chi connectivity index (χ0n) is 10.6. The Morgan fingerprint density at radius 3 is 0.929 bits per heavy atom. The van der Waals surface area contributed by atoms with Gasteiger partial charge in [-0.05, 0) is 27.7 Å². The van der Waals surface area contributed by atoms with E-state index in [-0.39, 0.29) is 0 Å². The Morgan fingerprint density at radius 1 is 0.571 bits per heavy atom. The molecule has 1 aliphatic rings. The lowest BCUT2D eigenvalue weighted by Gasteiger charge is -2.36. The van der Waals surface area contributed by atoms with Crippen LogP contribution in [0.15, 0.2) is 0 Å². The highest BCUT2D eigenvalue weighted by molar-refractivity contribution is 7.83. The fraction of sp³-hybridized carbons (Fsp3) is 1.00. The van der Waals surface area contributed by atoms with Crippen LogP contribution in [0.4, 0.5) is 0 Å². The molecule has 0 nitrogen and oxygen atoms in total. The molecule has 1 rings (SSSR count). The van der Waals surface area contributed by atoms with Crippen molar-refractivity contribution in [1.29, 1.82) is 0 Å². The number of hydrogen-bond donors (Lipinski definition) is 0. The average molecular weight is 234 g/mol. The van der Waals surface area contributed by atoms with Gasteiger partial charge < -0.3 is 0 Å². The first kappa shape index (κ1) is 12.9. The van der Waals surface area contributed by atoms with Crippen LogP contribution in [0.5, 0.6) is 0 Å². The molecule has 0 aromatic rings. The van der Waals surface area contributed by atoms with Gasteiger partial charge in [-0.25, -0.2) is 0 Å². The van der Waals surface area contributed by atoms with Crippen molar-refractivity contribution in [2.75, 3.05) is 49.3 Å². The van der Waals surface area contributed by atoms with Crippen LogP contribution < -0.4 is 0 Å². The molecular weight excluding hydrogens is 206 g/mol. The molecule has 0 bridgehead atoms. The predicted molar refractivity (Wildman–Crippen MR) is 75.5 cm³/mol. The van der Waals surface area contributed by atoms with Crippen molar-refractivity contribution in [3.63, 3.8) is 0 Å². The molecule has 0 aromatic heterocycles. The van der Waals surface area contributed by atoms with Gasteiger partial charge in [0.05, 0.1) is 49.3 Å². The molecule has 84 valence electrons. The molecule has 1 fully saturated rings. The van der Waals surface area contributed by atoms with Crippen molar-refractivity contribution in [2.45, 2.75) is 27.7 Å². The van der Waals surface area contributed by atoms with Gasteiger partial charge in [0, 0.05) is 14.5 Å². The van der Waals surface area contributed by atoms with Crippen molar-refractivity contribution >= 4 is 14.5 Å². The number of hydrogen-bond acceptors (Lipinski definition) is 0. The van der Waals surface area contributed by atoms with E-state index in [0.29, 0.717) is 0 Å². The zero-order chi connectivity index (χ0) is 10.7. The van der Waals surface area contributed by atoms with E-state index in [2.05, 4.69) is 27.7 Å². The first-order valence-electron chi connectivity index (χ1n) is 6.36. The summed E-state index contributed by atoms with van der Waals surface area (Å²) in [5, 5.41) is 0. The van der Waals surface area contributed by atoms with E-state index in [4.69, 9.17) is 0 Å². The maximum atomic E-state index is 2.45. The molecule has 14 heavy (non-hydrogen) atoms. The third-order valence-corrected chi connectivity index (χ3v) is 15.5. The van der Waals surface area contributed by atoms with E-state index in [9.17, 15) is 0 Å². The minimum absolute atomic E-state index is 0.431. The summed E-state index contributed by atoms with van der Waals surface area (Å²) in [5.41, 5.74) is 0. The molecule has 1 saturated heterocycles. The molecule has 1 heterocycles. The molecule has 0 atom stereocenters.